The van der Waals surface area contributed by atoms with Crippen molar-refractivity contribution < 1.29 is 0 Å². The van der Waals surface area contributed by atoms with Gasteiger partial charge in [0.2, 0.25) is 0 Å². The minimum atomic E-state index is 0.498. The third-order valence-corrected chi connectivity index (χ3v) is 5.85. The third-order valence-electron chi connectivity index (χ3n) is 4.66. The van der Waals surface area contributed by atoms with Gasteiger partial charge in [0.05, 0.1) is 21.7 Å². The van der Waals surface area contributed by atoms with Crippen molar-refractivity contribution in [2.24, 2.45) is 4.99 Å². The summed E-state index contributed by atoms with van der Waals surface area (Å²) in [5.74, 6) is 2.40. The van der Waals surface area contributed by atoms with Crippen LogP contribution < -0.4 is 10.6 Å². The smallest absolute Gasteiger partial charge is 0.190 e. The second-order valence-electron chi connectivity index (χ2n) is 7.16. The molecule has 6 nitrogen and oxygen atoms in total. The molecule has 7 heteroatoms. The number of rotatable bonds is 8. The number of imidazole rings is 1. The Kier molecular flexibility index (Phi) is 7.03. The predicted molar refractivity (Wildman–Crippen MR) is 118 cm³/mol. The zero-order valence-corrected chi connectivity index (χ0v) is 18.0. The van der Waals surface area contributed by atoms with Gasteiger partial charge in [-0.3, -0.25) is 4.99 Å². The number of aliphatic imine (C=N–C) groups is 1. The number of thiazole rings is 1. The van der Waals surface area contributed by atoms with E-state index >= 15 is 0 Å². The van der Waals surface area contributed by atoms with E-state index in [4.69, 9.17) is 0 Å². The van der Waals surface area contributed by atoms with Crippen LogP contribution in [0, 0.1) is 6.92 Å². The van der Waals surface area contributed by atoms with Crippen LogP contribution in [0.5, 0.6) is 0 Å². The topological polar surface area (TPSA) is 67.1 Å². The van der Waals surface area contributed by atoms with Gasteiger partial charge < -0.3 is 15.2 Å². The molecule has 28 heavy (non-hydrogen) atoms. The van der Waals surface area contributed by atoms with Crippen LogP contribution in [-0.2, 0) is 13.0 Å². The van der Waals surface area contributed by atoms with Crippen molar-refractivity contribution in [1.82, 2.24) is 25.2 Å². The lowest BCUT2D eigenvalue weighted by molar-refractivity contribution is 0.624. The highest BCUT2D eigenvalue weighted by atomic mass is 32.1. The SMILES string of the molecule is CN=C(NCCCn1c(C)nc2ccccc21)NCCc1csc(C(C)C)n1. The van der Waals surface area contributed by atoms with E-state index < -0.39 is 0 Å². The summed E-state index contributed by atoms with van der Waals surface area (Å²) < 4.78 is 2.28. The van der Waals surface area contributed by atoms with Crippen molar-refractivity contribution in [3.63, 3.8) is 0 Å². The average molecular weight is 399 g/mol. The van der Waals surface area contributed by atoms with Gasteiger partial charge in [-0.05, 0) is 25.5 Å². The van der Waals surface area contributed by atoms with Gasteiger partial charge in [-0.2, -0.15) is 0 Å². The number of hydrogen-bond donors (Lipinski definition) is 2. The Bertz CT molecular complexity index is 924. The number of aromatic nitrogens is 3. The molecule has 150 valence electrons. The normalized spacial score (nSPS) is 12.1. The maximum atomic E-state index is 4.68. The molecule has 2 aromatic heterocycles. The Morgan fingerprint density at radius 3 is 2.71 bits per heavy atom. The number of fused-ring (bicyclic) bond motifs is 1. The molecular weight excluding hydrogens is 368 g/mol. The molecule has 1 aromatic carbocycles. The molecule has 3 rings (SSSR count). The fourth-order valence-corrected chi connectivity index (χ4v) is 4.02. The maximum absolute atomic E-state index is 4.68. The number of guanidine groups is 1. The molecule has 2 heterocycles. The standard InChI is InChI=1S/C21H30N6S/c1-15(2)20-26-17(14-28-20)10-12-24-21(22-4)23-11-7-13-27-16(3)25-18-8-5-6-9-19(18)27/h5-6,8-9,14-15H,7,10-13H2,1-4H3,(H2,22,23,24). The molecule has 3 aromatic rings. The van der Waals surface area contributed by atoms with Crippen LogP contribution >= 0.6 is 11.3 Å². The van der Waals surface area contributed by atoms with E-state index in [1.165, 1.54) is 10.5 Å². The lowest BCUT2D eigenvalue weighted by Gasteiger charge is -2.12. The largest absolute Gasteiger partial charge is 0.356 e. The molecule has 2 N–H and O–H groups in total. The zero-order chi connectivity index (χ0) is 19.9. The molecule has 0 aliphatic rings. The van der Waals surface area contributed by atoms with E-state index in [1.54, 1.807) is 11.3 Å². The highest BCUT2D eigenvalue weighted by Gasteiger charge is 2.07. The third kappa shape index (κ3) is 5.10. The molecule has 0 fully saturated rings. The van der Waals surface area contributed by atoms with Crippen LogP contribution in [-0.4, -0.2) is 40.6 Å². The van der Waals surface area contributed by atoms with Crippen molar-refractivity contribution in [3.8, 4) is 0 Å². The molecule has 0 atom stereocenters. The predicted octanol–water partition coefficient (Wildman–Crippen LogP) is 3.72. The van der Waals surface area contributed by atoms with Gasteiger partial charge in [0.1, 0.15) is 5.82 Å². The summed E-state index contributed by atoms with van der Waals surface area (Å²) in [5.41, 5.74) is 3.42. The van der Waals surface area contributed by atoms with Gasteiger partial charge in [-0.25, -0.2) is 9.97 Å². The van der Waals surface area contributed by atoms with Crippen molar-refractivity contribution in [3.05, 3.63) is 46.2 Å². The number of hydrogen-bond acceptors (Lipinski definition) is 4. The van der Waals surface area contributed by atoms with Crippen LogP contribution in [0.2, 0.25) is 0 Å². The van der Waals surface area contributed by atoms with Crippen LogP contribution in [0.4, 0.5) is 0 Å². The second-order valence-corrected chi connectivity index (χ2v) is 8.05. The van der Waals surface area contributed by atoms with Gasteiger partial charge in [0.25, 0.3) is 0 Å². The molecule has 0 aliphatic carbocycles. The van der Waals surface area contributed by atoms with E-state index in [9.17, 15) is 0 Å². The molecule has 0 spiro atoms. The highest BCUT2D eigenvalue weighted by Crippen LogP contribution is 2.19. The van der Waals surface area contributed by atoms with E-state index in [-0.39, 0.29) is 0 Å². The Labute approximate surface area is 171 Å². The van der Waals surface area contributed by atoms with Crippen molar-refractivity contribution in [1.29, 1.82) is 0 Å². The lowest BCUT2D eigenvalue weighted by Crippen LogP contribution is -2.39. The fourth-order valence-electron chi connectivity index (χ4n) is 3.15. The van der Waals surface area contributed by atoms with E-state index in [0.29, 0.717) is 5.92 Å². The van der Waals surface area contributed by atoms with Crippen LogP contribution in [0.25, 0.3) is 11.0 Å². The first-order valence-corrected chi connectivity index (χ1v) is 10.8. The molecule has 0 unspecified atom stereocenters. The average Bonchev–Trinajstić information content (AvgIpc) is 3.28. The monoisotopic (exact) mass is 398 g/mol. The quantitative estimate of drug-likeness (QED) is 0.345. The van der Waals surface area contributed by atoms with Crippen molar-refractivity contribution in [2.75, 3.05) is 20.1 Å². The first kappa shape index (κ1) is 20.3. The minimum absolute atomic E-state index is 0.498. The number of para-hydroxylation sites is 2. The second kappa shape index (κ2) is 9.68. The Morgan fingerprint density at radius 1 is 1.18 bits per heavy atom. The molecule has 0 radical (unpaired) electrons. The van der Waals surface area contributed by atoms with E-state index in [0.717, 1.165) is 55.5 Å². The molecule has 0 saturated carbocycles. The van der Waals surface area contributed by atoms with E-state index in [1.807, 2.05) is 13.1 Å². The molecule has 0 aliphatic heterocycles. The lowest BCUT2D eigenvalue weighted by atomic mass is 10.2. The number of benzene rings is 1. The van der Waals surface area contributed by atoms with Gasteiger partial charge in [-0.1, -0.05) is 26.0 Å². The summed E-state index contributed by atoms with van der Waals surface area (Å²) in [6, 6.07) is 8.30. The van der Waals surface area contributed by atoms with Gasteiger partial charge in [0.15, 0.2) is 5.96 Å². The molecule has 0 bridgehead atoms. The van der Waals surface area contributed by atoms with Gasteiger partial charge in [0, 0.05) is 44.4 Å². The minimum Gasteiger partial charge on any atom is -0.356 e. The van der Waals surface area contributed by atoms with Crippen LogP contribution in [0.3, 0.4) is 0 Å². The zero-order valence-electron chi connectivity index (χ0n) is 17.2. The van der Waals surface area contributed by atoms with Crippen LogP contribution in [0.1, 0.15) is 42.7 Å². The fraction of sp³-hybridized carbons (Fsp3) is 0.476. The molecule has 0 saturated heterocycles. The first-order valence-electron chi connectivity index (χ1n) is 9.89. The van der Waals surface area contributed by atoms with E-state index in [2.05, 4.69) is 74.5 Å². The van der Waals surface area contributed by atoms with Crippen molar-refractivity contribution >= 4 is 28.3 Å². The first-order chi connectivity index (χ1) is 13.6. The van der Waals surface area contributed by atoms with Crippen LogP contribution in [0.15, 0.2) is 34.6 Å². The summed E-state index contributed by atoms with van der Waals surface area (Å²) in [6.45, 7) is 9.05. The van der Waals surface area contributed by atoms with Gasteiger partial charge >= 0.3 is 0 Å². The Balaban J connectivity index is 1.41. The summed E-state index contributed by atoms with van der Waals surface area (Å²) in [4.78, 5) is 13.6. The Morgan fingerprint density at radius 2 is 1.96 bits per heavy atom. The molecular formula is C21H30N6S. The maximum Gasteiger partial charge on any atom is 0.190 e. The summed E-state index contributed by atoms with van der Waals surface area (Å²) in [7, 11) is 1.81. The Hall–Kier alpha value is -2.41. The van der Waals surface area contributed by atoms with Crippen molar-refractivity contribution in [2.45, 2.75) is 46.1 Å². The summed E-state index contributed by atoms with van der Waals surface area (Å²) in [5, 5.41) is 10.1. The summed E-state index contributed by atoms with van der Waals surface area (Å²) in [6.07, 6.45) is 1.91. The number of aryl methyl sites for hydroxylation is 2. The van der Waals surface area contributed by atoms with Gasteiger partial charge in [-0.15, -0.1) is 11.3 Å². The highest BCUT2D eigenvalue weighted by molar-refractivity contribution is 7.09. The number of nitrogens with one attached hydrogen (secondary N) is 2. The summed E-state index contributed by atoms with van der Waals surface area (Å²) >= 11 is 1.75. The molecule has 0 amide bonds. The number of nitrogens with zero attached hydrogens (tertiary/aromatic N) is 4.